The quantitative estimate of drug-likeness (QED) is 0.334. The summed E-state index contributed by atoms with van der Waals surface area (Å²) in [6.07, 6.45) is -1.55. The molecular weight excluding hydrogens is 397 g/mol. The molecule has 0 saturated heterocycles. The van der Waals surface area contributed by atoms with Crippen molar-refractivity contribution in [2.45, 2.75) is 11.7 Å². The van der Waals surface area contributed by atoms with E-state index in [0.29, 0.717) is 10.2 Å². The summed E-state index contributed by atoms with van der Waals surface area (Å²) in [6.45, 7) is 3.42. The number of alkyl halides is 2. The molecule has 3 aromatic rings. The molecule has 2 aromatic carbocycles. The average Bonchev–Trinajstić information content (AvgIpc) is 3.04. The van der Waals surface area contributed by atoms with Crippen LogP contribution in [-0.4, -0.2) is 17.3 Å². The Balaban J connectivity index is 2.34. The maximum Gasteiger partial charge on any atom is 0.279 e. The standard InChI is InChI=1S/C18H13F3N2O4S/c1-2-16(11-6-3-4-7-13(11)19)28(26,27)22-10-12(18(20)21)17-14(22)8-5-9-15(17)23(24)25/h2-10,16,18H,1H2. The highest BCUT2D eigenvalue weighted by Gasteiger charge is 2.33. The SMILES string of the molecule is C=CC(c1ccccc1F)S(=O)(=O)n1cc(C(F)F)c2c([N+](=O)[O-])cccc21. The fourth-order valence-corrected chi connectivity index (χ4v) is 4.72. The van der Waals surface area contributed by atoms with E-state index in [9.17, 15) is 31.7 Å². The van der Waals surface area contributed by atoms with E-state index in [2.05, 4.69) is 6.58 Å². The number of nitrogens with zero attached hydrogens (tertiary/aromatic N) is 2. The summed E-state index contributed by atoms with van der Waals surface area (Å²) < 4.78 is 68.0. The second-order valence-corrected chi connectivity index (χ2v) is 7.76. The lowest BCUT2D eigenvalue weighted by Gasteiger charge is -2.16. The molecule has 28 heavy (non-hydrogen) atoms. The first-order valence-corrected chi connectivity index (χ1v) is 9.38. The minimum Gasteiger partial charge on any atom is -0.258 e. The first kappa shape index (κ1) is 19.6. The Hall–Kier alpha value is -3.14. The van der Waals surface area contributed by atoms with Crippen LogP contribution in [0.4, 0.5) is 18.9 Å². The van der Waals surface area contributed by atoms with Crippen molar-refractivity contribution < 1.29 is 26.5 Å². The lowest BCUT2D eigenvalue weighted by Crippen LogP contribution is -2.20. The molecule has 6 nitrogen and oxygen atoms in total. The van der Waals surface area contributed by atoms with Crippen LogP contribution in [0.5, 0.6) is 0 Å². The Kier molecular flexibility index (Phi) is 4.99. The van der Waals surface area contributed by atoms with Crippen molar-refractivity contribution in [3.05, 3.63) is 88.4 Å². The van der Waals surface area contributed by atoms with E-state index >= 15 is 0 Å². The summed E-state index contributed by atoms with van der Waals surface area (Å²) in [5, 5.41) is 9.17. The van der Waals surface area contributed by atoms with E-state index in [-0.39, 0.29) is 11.1 Å². The molecule has 0 aliphatic heterocycles. The van der Waals surface area contributed by atoms with Crippen molar-refractivity contribution >= 4 is 26.6 Å². The van der Waals surface area contributed by atoms with Gasteiger partial charge in [-0.2, -0.15) is 0 Å². The van der Waals surface area contributed by atoms with Gasteiger partial charge in [0.15, 0.2) is 0 Å². The minimum atomic E-state index is -4.51. The van der Waals surface area contributed by atoms with Gasteiger partial charge >= 0.3 is 0 Å². The van der Waals surface area contributed by atoms with Crippen molar-refractivity contribution in [3.8, 4) is 0 Å². The van der Waals surface area contributed by atoms with E-state index in [4.69, 9.17) is 0 Å². The van der Waals surface area contributed by atoms with Gasteiger partial charge in [-0.05, 0) is 12.1 Å². The van der Waals surface area contributed by atoms with Gasteiger partial charge in [-0.15, -0.1) is 6.58 Å². The van der Waals surface area contributed by atoms with Crippen LogP contribution in [0.3, 0.4) is 0 Å². The molecule has 1 aromatic heterocycles. The summed E-state index contributed by atoms with van der Waals surface area (Å²) in [7, 11) is -4.51. The van der Waals surface area contributed by atoms with Gasteiger partial charge in [-0.3, -0.25) is 10.1 Å². The number of benzene rings is 2. The number of rotatable bonds is 6. The van der Waals surface area contributed by atoms with Gasteiger partial charge in [0.1, 0.15) is 11.1 Å². The van der Waals surface area contributed by atoms with Crippen LogP contribution in [0.2, 0.25) is 0 Å². The van der Waals surface area contributed by atoms with E-state index < -0.39 is 49.1 Å². The molecule has 1 heterocycles. The monoisotopic (exact) mass is 410 g/mol. The highest BCUT2D eigenvalue weighted by molar-refractivity contribution is 7.90. The van der Waals surface area contributed by atoms with Crippen LogP contribution in [0.25, 0.3) is 10.9 Å². The third-order valence-corrected chi connectivity index (χ3v) is 6.19. The Bertz CT molecular complexity index is 1190. The molecule has 146 valence electrons. The molecule has 1 atom stereocenters. The molecule has 10 heteroatoms. The maximum absolute atomic E-state index is 14.2. The zero-order valence-corrected chi connectivity index (χ0v) is 14.9. The third-order valence-electron chi connectivity index (χ3n) is 4.26. The van der Waals surface area contributed by atoms with Gasteiger partial charge in [0, 0.05) is 17.8 Å². The Morgan fingerprint density at radius 1 is 1.11 bits per heavy atom. The molecule has 0 aliphatic rings. The fraction of sp³-hybridized carbons (Fsp3) is 0.111. The van der Waals surface area contributed by atoms with Gasteiger partial charge in [0.2, 0.25) is 10.0 Å². The van der Waals surface area contributed by atoms with Crippen LogP contribution in [0.15, 0.2) is 61.3 Å². The normalized spacial score (nSPS) is 13.0. The van der Waals surface area contributed by atoms with Crippen molar-refractivity contribution in [2.75, 3.05) is 0 Å². The average molecular weight is 410 g/mol. The number of halogens is 3. The van der Waals surface area contributed by atoms with Crippen LogP contribution < -0.4 is 0 Å². The Labute approximate surface area is 157 Å². The van der Waals surface area contributed by atoms with Crippen molar-refractivity contribution in [3.63, 3.8) is 0 Å². The summed E-state index contributed by atoms with van der Waals surface area (Å²) in [5.41, 5.74) is -1.97. The number of hydrogen-bond acceptors (Lipinski definition) is 4. The van der Waals surface area contributed by atoms with Gasteiger partial charge in [-0.1, -0.05) is 30.3 Å². The van der Waals surface area contributed by atoms with Gasteiger partial charge < -0.3 is 0 Å². The number of nitro groups is 1. The van der Waals surface area contributed by atoms with Crippen LogP contribution in [0, 0.1) is 15.9 Å². The number of non-ortho nitro benzene ring substituents is 1. The smallest absolute Gasteiger partial charge is 0.258 e. The first-order valence-electron chi connectivity index (χ1n) is 7.88. The number of fused-ring (bicyclic) bond motifs is 1. The van der Waals surface area contributed by atoms with E-state index in [1.807, 2.05) is 0 Å². The molecule has 0 bridgehead atoms. The molecule has 0 N–H and O–H groups in total. The second-order valence-electron chi connectivity index (χ2n) is 5.83. The summed E-state index contributed by atoms with van der Waals surface area (Å²) >= 11 is 0. The van der Waals surface area contributed by atoms with Crippen LogP contribution in [-0.2, 0) is 10.0 Å². The zero-order chi connectivity index (χ0) is 20.6. The largest absolute Gasteiger partial charge is 0.279 e. The number of hydrogen-bond donors (Lipinski definition) is 0. The summed E-state index contributed by atoms with van der Waals surface area (Å²) in [4.78, 5) is 10.4. The zero-order valence-electron chi connectivity index (χ0n) is 14.1. The molecule has 3 rings (SSSR count). The van der Waals surface area contributed by atoms with E-state index in [1.54, 1.807) is 0 Å². The molecule has 0 saturated carbocycles. The van der Waals surface area contributed by atoms with Crippen molar-refractivity contribution in [1.29, 1.82) is 0 Å². The van der Waals surface area contributed by atoms with E-state index in [0.717, 1.165) is 18.2 Å². The molecule has 0 aliphatic carbocycles. The van der Waals surface area contributed by atoms with Gasteiger partial charge in [-0.25, -0.2) is 25.6 Å². The van der Waals surface area contributed by atoms with E-state index in [1.165, 1.54) is 30.3 Å². The Morgan fingerprint density at radius 3 is 2.36 bits per heavy atom. The second kappa shape index (κ2) is 7.12. The third kappa shape index (κ3) is 3.05. The highest BCUT2D eigenvalue weighted by Crippen LogP contribution is 2.39. The molecule has 0 fully saturated rings. The van der Waals surface area contributed by atoms with Gasteiger partial charge in [0.25, 0.3) is 12.1 Å². The Morgan fingerprint density at radius 2 is 1.79 bits per heavy atom. The van der Waals surface area contributed by atoms with Crippen LogP contribution >= 0.6 is 0 Å². The lowest BCUT2D eigenvalue weighted by atomic mass is 10.1. The van der Waals surface area contributed by atoms with Crippen LogP contribution in [0.1, 0.15) is 22.8 Å². The molecule has 1 unspecified atom stereocenters. The summed E-state index contributed by atoms with van der Waals surface area (Å²) in [5.74, 6) is -0.812. The number of aromatic nitrogens is 1. The predicted octanol–water partition coefficient (Wildman–Crippen LogP) is 4.73. The number of nitro benzene ring substituents is 1. The molecular formula is C18H13F3N2O4S. The van der Waals surface area contributed by atoms with Crippen molar-refractivity contribution in [2.24, 2.45) is 0 Å². The predicted molar refractivity (Wildman–Crippen MR) is 97.2 cm³/mol. The lowest BCUT2D eigenvalue weighted by molar-refractivity contribution is -0.383. The first-order chi connectivity index (χ1) is 13.2. The van der Waals surface area contributed by atoms with Gasteiger partial charge in [0.05, 0.1) is 21.4 Å². The topological polar surface area (TPSA) is 82.2 Å². The maximum atomic E-state index is 14.2. The fourth-order valence-electron chi connectivity index (χ4n) is 3.03. The van der Waals surface area contributed by atoms with Crippen molar-refractivity contribution in [1.82, 2.24) is 3.97 Å². The molecule has 0 radical (unpaired) electrons. The minimum absolute atomic E-state index is 0.219. The molecule has 0 spiro atoms. The highest BCUT2D eigenvalue weighted by atomic mass is 32.2. The summed E-state index contributed by atoms with van der Waals surface area (Å²) in [6, 6.07) is 8.46. The molecule has 0 amide bonds.